The smallest absolute Gasteiger partial charge is 0.418 e. The number of urea groups is 1. The fourth-order valence-corrected chi connectivity index (χ4v) is 5.19. The molecule has 0 atom stereocenters. The summed E-state index contributed by atoms with van der Waals surface area (Å²) in [5, 5.41) is 5.77. The average Bonchev–Trinajstić information content (AvgIpc) is 3.63. The Morgan fingerprint density at radius 2 is 1.73 bits per heavy atom. The van der Waals surface area contributed by atoms with E-state index in [4.69, 9.17) is 4.74 Å². The zero-order valence-corrected chi connectivity index (χ0v) is 25.4. The Bertz CT molecular complexity index is 1910. The lowest BCUT2D eigenvalue weighted by atomic mass is 10.1. The second kappa shape index (κ2) is 13.4. The first-order valence-electron chi connectivity index (χ1n) is 13.7. The molecule has 3 heterocycles. The minimum atomic E-state index is -5.02. The number of rotatable bonds is 7. The molecule has 1 aliphatic rings. The van der Waals surface area contributed by atoms with Crippen LogP contribution in [0.25, 0.3) is 17.2 Å². The molecule has 1 aliphatic heterocycles. The van der Waals surface area contributed by atoms with Crippen molar-refractivity contribution >= 4 is 40.2 Å². The van der Waals surface area contributed by atoms with E-state index in [1.807, 2.05) is 5.32 Å². The lowest BCUT2D eigenvalue weighted by molar-refractivity contribution is -0.140. The Morgan fingerprint density at radius 1 is 0.980 bits per heavy atom. The van der Waals surface area contributed by atoms with E-state index in [1.165, 1.54) is 18.2 Å². The van der Waals surface area contributed by atoms with Gasteiger partial charge in [-0.1, -0.05) is 17.8 Å². The summed E-state index contributed by atoms with van der Waals surface area (Å²) in [6.45, 7) is 0.869. The van der Waals surface area contributed by atoms with Gasteiger partial charge in [-0.15, -0.1) is 5.10 Å². The fraction of sp³-hybridized carbons (Fsp3) is 0.241. The number of amidine groups is 1. The highest BCUT2D eigenvalue weighted by molar-refractivity contribution is 8.15. The van der Waals surface area contributed by atoms with Gasteiger partial charge in [0, 0.05) is 11.8 Å². The molecule has 0 bridgehead atoms. The number of hydrogen-bond acceptors (Lipinski definition) is 7. The van der Waals surface area contributed by atoms with E-state index in [-0.39, 0.29) is 39.6 Å². The minimum Gasteiger partial charge on any atom is -0.491 e. The predicted octanol–water partition coefficient (Wildman–Crippen LogP) is 7.67. The molecule has 0 unspecified atom stereocenters. The van der Waals surface area contributed by atoms with Gasteiger partial charge in [0.15, 0.2) is 16.8 Å². The Balaban J connectivity index is 1.38. The van der Waals surface area contributed by atoms with Gasteiger partial charge in [0.05, 0.1) is 41.3 Å². The Hall–Kier alpha value is -5.14. The van der Waals surface area contributed by atoms with Crippen molar-refractivity contribution in [3.8, 4) is 23.0 Å². The molecule has 49 heavy (non-hydrogen) atoms. The summed E-state index contributed by atoms with van der Waals surface area (Å²) in [6.07, 6.45) is -13.8. The van der Waals surface area contributed by atoms with Crippen molar-refractivity contribution in [3.05, 3.63) is 77.7 Å². The highest BCUT2D eigenvalue weighted by atomic mass is 32.2. The van der Waals surface area contributed by atoms with E-state index < -0.39 is 60.3 Å². The predicted molar refractivity (Wildman–Crippen MR) is 158 cm³/mol. The second-order valence-electron chi connectivity index (χ2n) is 10.2. The summed E-state index contributed by atoms with van der Waals surface area (Å²) in [5.41, 5.74) is -2.66. The van der Waals surface area contributed by atoms with Crippen molar-refractivity contribution in [2.45, 2.75) is 31.9 Å². The number of aromatic nitrogens is 4. The largest absolute Gasteiger partial charge is 0.491 e. The van der Waals surface area contributed by atoms with Crippen molar-refractivity contribution in [1.29, 1.82) is 0 Å². The maximum absolute atomic E-state index is 14.1. The zero-order valence-electron chi connectivity index (χ0n) is 24.6. The topological polar surface area (TPSA) is 115 Å². The molecule has 0 spiro atoms. The van der Waals surface area contributed by atoms with Gasteiger partial charge in [0.25, 0.3) is 0 Å². The molecule has 4 aromatic rings. The number of nitrogens with one attached hydrogen (secondary N) is 1. The number of amides is 3. The molecule has 10 nitrogen and oxygen atoms in total. The number of carbonyl (C=O) groups excluding carboxylic acids is 2. The first-order chi connectivity index (χ1) is 22.9. The number of benzene rings is 2. The number of ether oxygens (including phenoxy) is 1. The van der Waals surface area contributed by atoms with Crippen LogP contribution < -0.4 is 15.0 Å². The number of anilines is 2. The van der Waals surface area contributed by atoms with Crippen LogP contribution in [0.5, 0.6) is 5.75 Å². The maximum Gasteiger partial charge on any atom is 0.418 e. The van der Waals surface area contributed by atoms with Crippen molar-refractivity contribution in [2.24, 2.45) is 4.99 Å². The Labute approximate surface area is 274 Å². The number of halogens is 9. The van der Waals surface area contributed by atoms with Crippen LogP contribution in [-0.4, -0.2) is 55.4 Å². The lowest BCUT2D eigenvalue weighted by Gasteiger charge is -2.21. The van der Waals surface area contributed by atoms with E-state index in [9.17, 15) is 49.1 Å². The van der Waals surface area contributed by atoms with Crippen LogP contribution in [0.1, 0.15) is 23.1 Å². The molecule has 0 saturated carbocycles. The van der Waals surface area contributed by atoms with Crippen LogP contribution in [0.2, 0.25) is 0 Å². The number of thioether (sulfide) groups is 1. The quantitative estimate of drug-likeness (QED) is 0.195. The summed E-state index contributed by atoms with van der Waals surface area (Å²) < 4.78 is 125. The first kappa shape index (κ1) is 35.2. The van der Waals surface area contributed by atoms with Crippen molar-refractivity contribution in [1.82, 2.24) is 19.7 Å². The van der Waals surface area contributed by atoms with Crippen molar-refractivity contribution in [3.63, 3.8) is 0 Å². The molecule has 20 heteroatoms. The van der Waals surface area contributed by atoms with Gasteiger partial charge in [-0.2, -0.15) is 44.5 Å². The number of carbonyl (C=O) groups is 2. The number of aryl methyl sites for hydroxylation is 1. The van der Waals surface area contributed by atoms with Crippen LogP contribution in [0, 0.1) is 6.92 Å². The van der Waals surface area contributed by atoms with Gasteiger partial charge in [0.2, 0.25) is 5.91 Å². The molecule has 5 rings (SSSR count). The summed E-state index contributed by atoms with van der Waals surface area (Å²) in [5.74, 6) is -1.28. The molecule has 1 saturated heterocycles. The van der Waals surface area contributed by atoms with E-state index in [2.05, 4.69) is 20.1 Å². The van der Waals surface area contributed by atoms with Gasteiger partial charge in [-0.05, 0) is 55.0 Å². The van der Waals surface area contributed by atoms with Crippen LogP contribution in [-0.2, 0) is 17.1 Å². The molecule has 258 valence electrons. The molecular formula is C29H20F9N7O3S. The van der Waals surface area contributed by atoms with E-state index in [1.54, 1.807) is 6.92 Å². The monoisotopic (exact) mass is 717 g/mol. The van der Waals surface area contributed by atoms with Gasteiger partial charge in [-0.25, -0.2) is 19.4 Å². The maximum atomic E-state index is 14.1. The number of nitrogens with zero attached hydrogens (tertiary/aromatic N) is 6. The van der Waals surface area contributed by atoms with Crippen molar-refractivity contribution < 1.29 is 53.8 Å². The Morgan fingerprint density at radius 3 is 2.39 bits per heavy atom. The van der Waals surface area contributed by atoms with Gasteiger partial charge < -0.3 is 10.1 Å². The van der Waals surface area contributed by atoms with Crippen LogP contribution in [0.15, 0.2) is 66.0 Å². The van der Waals surface area contributed by atoms with Gasteiger partial charge in [-0.3, -0.25) is 9.69 Å². The average molecular weight is 718 g/mol. The number of pyridine rings is 1. The number of alkyl halides is 9. The normalized spacial score (nSPS) is 14.9. The number of hydrogen-bond donors (Lipinski definition) is 1. The van der Waals surface area contributed by atoms with Gasteiger partial charge in [0.1, 0.15) is 12.1 Å². The second-order valence-corrected chi connectivity index (χ2v) is 11.1. The standard InChI is InChI=1S/C29H20F9N7O3S/c1-15-2-6-21(48-9-8-27(30,31)32)20(10-15)45-23(46)13-49-26(45)42-25(47)41-19-5-3-16(11-18(19)29(36,37)38)24-40-14-44(43-24)22-7-4-17(12-39-22)28(33,34)35/h2-7,10-12,14H,8-9,13H2,1H3,(H,41,47). The zero-order chi connectivity index (χ0) is 35.7. The minimum absolute atomic E-state index is 0.0116. The van der Waals surface area contributed by atoms with Crippen molar-refractivity contribution in [2.75, 3.05) is 22.6 Å². The van der Waals surface area contributed by atoms with E-state index in [0.717, 1.165) is 51.9 Å². The van der Waals surface area contributed by atoms with E-state index in [0.29, 0.717) is 17.8 Å². The number of aliphatic imine (C=N–C) groups is 1. The van der Waals surface area contributed by atoms with Gasteiger partial charge >= 0.3 is 24.6 Å². The van der Waals surface area contributed by atoms with Crippen LogP contribution in [0.3, 0.4) is 0 Å². The summed E-state index contributed by atoms with van der Waals surface area (Å²) in [7, 11) is 0. The third kappa shape index (κ3) is 8.48. The highest BCUT2D eigenvalue weighted by Gasteiger charge is 2.36. The molecular weight excluding hydrogens is 697 g/mol. The third-order valence-corrected chi connectivity index (χ3v) is 7.51. The summed E-state index contributed by atoms with van der Waals surface area (Å²) >= 11 is 0.775. The Kier molecular flexibility index (Phi) is 9.62. The molecule has 0 radical (unpaired) electrons. The highest BCUT2D eigenvalue weighted by Crippen LogP contribution is 2.39. The van der Waals surface area contributed by atoms with Crippen LogP contribution >= 0.6 is 11.8 Å². The molecule has 0 aliphatic carbocycles. The lowest BCUT2D eigenvalue weighted by Crippen LogP contribution is -2.31. The van der Waals surface area contributed by atoms with E-state index >= 15 is 0 Å². The first-order valence-corrected chi connectivity index (χ1v) is 14.7. The fourth-order valence-electron chi connectivity index (χ4n) is 4.33. The molecule has 1 fully saturated rings. The summed E-state index contributed by atoms with van der Waals surface area (Å²) in [4.78, 5) is 37.9. The molecule has 2 aromatic carbocycles. The third-order valence-electron chi connectivity index (χ3n) is 6.59. The van der Waals surface area contributed by atoms with Crippen LogP contribution in [0.4, 0.5) is 55.7 Å². The molecule has 1 N–H and O–H groups in total. The molecule has 3 amide bonds. The molecule has 2 aromatic heterocycles. The SMILES string of the molecule is Cc1ccc(OCCC(F)(F)F)c(N2C(=O)CSC2=NC(=O)Nc2ccc(-c3ncn(-c4ccc(C(F)(F)F)cn4)n3)cc2C(F)(F)F)c1. The summed E-state index contributed by atoms with van der Waals surface area (Å²) in [6, 6.07) is 7.42.